The molecule has 16 heavy (non-hydrogen) atoms. The van der Waals surface area contributed by atoms with Crippen molar-refractivity contribution in [2.45, 2.75) is 32.6 Å². The van der Waals surface area contributed by atoms with Crippen molar-refractivity contribution in [1.29, 1.82) is 0 Å². The van der Waals surface area contributed by atoms with Gasteiger partial charge in [-0.25, -0.2) is 0 Å². The zero-order valence-corrected chi connectivity index (χ0v) is 10.6. The molecule has 3 heteroatoms. The van der Waals surface area contributed by atoms with Crippen LogP contribution in [0.1, 0.15) is 32.6 Å². The van der Waals surface area contributed by atoms with E-state index >= 15 is 0 Å². The second-order valence-electron chi connectivity index (χ2n) is 5.31. The van der Waals surface area contributed by atoms with Crippen molar-refractivity contribution < 1.29 is 4.79 Å². The van der Waals surface area contributed by atoms with Crippen LogP contribution in [0.3, 0.4) is 0 Å². The third-order valence-electron chi connectivity index (χ3n) is 4.29. The lowest BCUT2D eigenvalue weighted by atomic mass is 9.79. The summed E-state index contributed by atoms with van der Waals surface area (Å²) < 4.78 is 0. The molecule has 2 rings (SSSR count). The minimum absolute atomic E-state index is 0.336. The van der Waals surface area contributed by atoms with Crippen LogP contribution in [0.2, 0.25) is 0 Å². The zero-order valence-electron chi connectivity index (χ0n) is 10.6. The highest BCUT2D eigenvalue weighted by molar-refractivity contribution is 5.79. The van der Waals surface area contributed by atoms with Crippen LogP contribution in [0.25, 0.3) is 0 Å². The van der Waals surface area contributed by atoms with Gasteiger partial charge in [0, 0.05) is 19.0 Å². The molecule has 2 aliphatic rings. The molecule has 3 nitrogen and oxygen atoms in total. The first-order valence-corrected chi connectivity index (χ1v) is 6.69. The van der Waals surface area contributed by atoms with E-state index in [1.807, 2.05) is 4.90 Å². The molecule has 0 spiro atoms. The van der Waals surface area contributed by atoms with Gasteiger partial charge in [-0.3, -0.25) is 4.79 Å². The molecule has 2 heterocycles. The number of hydrogen-bond donors (Lipinski definition) is 0. The number of piperidine rings is 2. The van der Waals surface area contributed by atoms with E-state index in [4.69, 9.17) is 0 Å². The van der Waals surface area contributed by atoms with Crippen LogP contribution in [0.4, 0.5) is 0 Å². The first-order valence-electron chi connectivity index (χ1n) is 6.69. The summed E-state index contributed by atoms with van der Waals surface area (Å²) in [6, 6.07) is 0. The van der Waals surface area contributed by atoms with Crippen LogP contribution < -0.4 is 0 Å². The Morgan fingerprint density at radius 1 is 1.19 bits per heavy atom. The summed E-state index contributed by atoms with van der Waals surface area (Å²) in [6.07, 6.45) is 4.76. The van der Waals surface area contributed by atoms with Gasteiger partial charge in [-0.2, -0.15) is 0 Å². The average molecular weight is 224 g/mol. The Morgan fingerprint density at radius 2 is 1.88 bits per heavy atom. The summed E-state index contributed by atoms with van der Waals surface area (Å²) in [4.78, 5) is 16.7. The van der Waals surface area contributed by atoms with E-state index in [2.05, 4.69) is 18.9 Å². The molecule has 0 bridgehead atoms. The van der Waals surface area contributed by atoms with Gasteiger partial charge in [0.2, 0.25) is 5.91 Å². The number of rotatable bonds is 2. The van der Waals surface area contributed by atoms with E-state index in [0.717, 1.165) is 19.5 Å². The first-order chi connectivity index (χ1) is 7.72. The number of carbonyl (C=O) groups is 1. The number of carbonyl (C=O) groups excluding carboxylic acids is 1. The molecule has 92 valence electrons. The van der Waals surface area contributed by atoms with Gasteiger partial charge in [-0.05, 0) is 58.7 Å². The number of hydrogen-bond acceptors (Lipinski definition) is 2. The highest BCUT2D eigenvalue weighted by Crippen LogP contribution is 2.31. The largest absolute Gasteiger partial charge is 0.343 e. The molecule has 0 aliphatic carbocycles. The van der Waals surface area contributed by atoms with Gasteiger partial charge >= 0.3 is 0 Å². The number of likely N-dealkylation sites (tertiary alicyclic amines) is 2. The molecule has 2 saturated heterocycles. The first kappa shape index (κ1) is 11.9. The molecular formula is C13H24N2O. The molecule has 0 saturated carbocycles. The second-order valence-corrected chi connectivity index (χ2v) is 5.31. The Kier molecular flexibility index (Phi) is 3.85. The minimum atomic E-state index is 0.336. The van der Waals surface area contributed by atoms with Crippen molar-refractivity contribution in [3.05, 3.63) is 0 Å². The smallest absolute Gasteiger partial charge is 0.225 e. The fraction of sp³-hybridized carbons (Fsp3) is 0.923. The normalized spacial score (nSPS) is 29.8. The monoisotopic (exact) mass is 224 g/mol. The Morgan fingerprint density at radius 3 is 2.50 bits per heavy atom. The van der Waals surface area contributed by atoms with Gasteiger partial charge in [0.15, 0.2) is 0 Å². The summed E-state index contributed by atoms with van der Waals surface area (Å²) in [5.74, 6) is 1.42. The zero-order chi connectivity index (χ0) is 11.5. The third-order valence-corrected chi connectivity index (χ3v) is 4.29. The molecule has 2 aliphatic heterocycles. The van der Waals surface area contributed by atoms with Crippen molar-refractivity contribution >= 4 is 5.91 Å². The average Bonchev–Trinajstić information content (AvgIpc) is 2.31. The lowest BCUT2D eigenvalue weighted by Gasteiger charge is -2.39. The Balaban J connectivity index is 1.95. The third kappa shape index (κ3) is 2.40. The molecule has 0 aromatic carbocycles. The maximum absolute atomic E-state index is 12.2. The lowest BCUT2D eigenvalue weighted by molar-refractivity contribution is -0.141. The minimum Gasteiger partial charge on any atom is -0.343 e. The topological polar surface area (TPSA) is 23.6 Å². The van der Waals surface area contributed by atoms with Crippen molar-refractivity contribution in [3.8, 4) is 0 Å². The van der Waals surface area contributed by atoms with E-state index in [1.54, 1.807) is 0 Å². The van der Waals surface area contributed by atoms with E-state index in [1.165, 1.54) is 32.4 Å². The van der Waals surface area contributed by atoms with Crippen molar-refractivity contribution in [2.75, 3.05) is 33.2 Å². The van der Waals surface area contributed by atoms with Crippen LogP contribution >= 0.6 is 0 Å². The summed E-state index contributed by atoms with van der Waals surface area (Å²) in [6.45, 7) is 6.30. The van der Waals surface area contributed by atoms with Crippen LogP contribution in [-0.2, 0) is 4.79 Å². The van der Waals surface area contributed by atoms with Gasteiger partial charge in [-0.15, -0.1) is 0 Å². The molecule has 1 atom stereocenters. The maximum Gasteiger partial charge on any atom is 0.225 e. The standard InChI is InChI=1S/C13H24N2O/c1-3-15-8-4-5-12(13(15)16)11-6-9-14(2)10-7-11/h11-12H,3-10H2,1-2H3. The predicted octanol–water partition coefficient (Wildman–Crippen LogP) is 1.59. The SMILES string of the molecule is CCN1CCCC(C2CCN(C)CC2)C1=O. The van der Waals surface area contributed by atoms with Gasteiger partial charge in [-0.1, -0.05) is 0 Å². The quantitative estimate of drug-likeness (QED) is 0.711. The van der Waals surface area contributed by atoms with E-state index in [0.29, 0.717) is 17.7 Å². The highest BCUT2D eigenvalue weighted by Gasteiger charge is 2.35. The summed E-state index contributed by atoms with van der Waals surface area (Å²) >= 11 is 0. The molecule has 0 N–H and O–H groups in total. The molecule has 0 aromatic rings. The van der Waals surface area contributed by atoms with Gasteiger partial charge in [0.1, 0.15) is 0 Å². The fourth-order valence-corrected chi connectivity index (χ4v) is 3.15. The number of amides is 1. The van der Waals surface area contributed by atoms with E-state index in [9.17, 15) is 4.79 Å². The van der Waals surface area contributed by atoms with Crippen LogP contribution in [0.15, 0.2) is 0 Å². The van der Waals surface area contributed by atoms with Gasteiger partial charge in [0.25, 0.3) is 0 Å². The highest BCUT2D eigenvalue weighted by atomic mass is 16.2. The van der Waals surface area contributed by atoms with Crippen LogP contribution in [0.5, 0.6) is 0 Å². The number of nitrogens with zero attached hydrogens (tertiary/aromatic N) is 2. The van der Waals surface area contributed by atoms with Crippen molar-refractivity contribution in [2.24, 2.45) is 11.8 Å². The Labute approximate surface area is 98.8 Å². The summed E-state index contributed by atoms with van der Waals surface area (Å²) in [5, 5.41) is 0. The molecule has 0 radical (unpaired) electrons. The van der Waals surface area contributed by atoms with Crippen LogP contribution in [0, 0.1) is 11.8 Å². The van der Waals surface area contributed by atoms with E-state index in [-0.39, 0.29) is 0 Å². The van der Waals surface area contributed by atoms with Gasteiger partial charge in [0.05, 0.1) is 0 Å². The molecule has 2 fully saturated rings. The van der Waals surface area contributed by atoms with E-state index < -0.39 is 0 Å². The van der Waals surface area contributed by atoms with Crippen molar-refractivity contribution in [3.63, 3.8) is 0 Å². The fourth-order valence-electron chi connectivity index (χ4n) is 3.15. The Bertz CT molecular complexity index is 246. The summed E-state index contributed by atoms with van der Waals surface area (Å²) in [5.41, 5.74) is 0. The second kappa shape index (κ2) is 5.17. The van der Waals surface area contributed by atoms with Crippen LogP contribution in [-0.4, -0.2) is 48.9 Å². The maximum atomic E-state index is 12.2. The molecule has 1 unspecified atom stereocenters. The Hall–Kier alpha value is -0.570. The lowest BCUT2D eigenvalue weighted by Crippen LogP contribution is -2.46. The summed E-state index contributed by atoms with van der Waals surface area (Å²) in [7, 11) is 2.18. The molecule has 0 aromatic heterocycles. The molecular weight excluding hydrogens is 200 g/mol. The molecule has 1 amide bonds. The predicted molar refractivity (Wildman–Crippen MR) is 65.2 cm³/mol. The van der Waals surface area contributed by atoms with Crippen molar-refractivity contribution in [1.82, 2.24) is 9.80 Å². The van der Waals surface area contributed by atoms with Gasteiger partial charge < -0.3 is 9.80 Å².